The molecular weight excluding hydrogens is 343 g/mol. The van der Waals surface area contributed by atoms with E-state index in [-0.39, 0.29) is 17.3 Å². The maximum absolute atomic E-state index is 14.2. The van der Waals surface area contributed by atoms with Gasteiger partial charge in [-0.15, -0.1) is 0 Å². The molecule has 144 valence electrons. The summed E-state index contributed by atoms with van der Waals surface area (Å²) in [5.74, 6) is 0.0620. The van der Waals surface area contributed by atoms with Crippen molar-refractivity contribution in [1.29, 1.82) is 0 Å². The molecule has 5 nitrogen and oxygen atoms in total. The van der Waals surface area contributed by atoms with Crippen LogP contribution in [0.15, 0.2) is 24.5 Å². The Kier molecular flexibility index (Phi) is 4.76. The van der Waals surface area contributed by atoms with E-state index in [2.05, 4.69) is 19.8 Å². The number of likely N-dealkylation sites (tertiary alicyclic amines) is 1. The van der Waals surface area contributed by atoms with Crippen LogP contribution in [0.25, 0.3) is 0 Å². The van der Waals surface area contributed by atoms with Crippen molar-refractivity contribution in [2.24, 2.45) is 0 Å². The Morgan fingerprint density at radius 3 is 2.78 bits per heavy atom. The summed E-state index contributed by atoms with van der Waals surface area (Å²) in [5.41, 5.74) is 3.56. The predicted molar refractivity (Wildman–Crippen MR) is 102 cm³/mol. The third-order valence-electron chi connectivity index (χ3n) is 6.15. The highest BCUT2D eigenvalue weighted by Gasteiger charge is 2.48. The molecule has 6 heteroatoms. The molecule has 2 aromatic rings. The van der Waals surface area contributed by atoms with Crippen molar-refractivity contribution in [3.63, 3.8) is 0 Å². The number of hydrogen-bond acceptors (Lipinski definition) is 3. The molecule has 0 saturated carbocycles. The van der Waals surface area contributed by atoms with Crippen LogP contribution in [0.1, 0.15) is 48.7 Å². The molecule has 0 atom stereocenters. The van der Waals surface area contributed by atoms with Crippen LogP contribution in [0.4, 0.5) is 4.39 Å². The molecular formula is C21H27FN4O. The second-order valence-corrected chi connectivity index (χ2v) is 7.78. The molecule has 1 amide bonds. The van der Waals surface area contributed by atoms with Gasteiger partial charge in [-0.25, -0.2) is 9.37 Å². The van der Waals surface area contributed by atoms with Crippen LogP contribution >= 0.6 is 0 Å². The molecule has 1 saturated heterocycles. The van der Waals surface area contributed by atoms with Crippen LogP contribution in [-0.2, 0) is 23.3 Å². The van der Waals surface area contributed by atoms with Crippen molar-refractivity contribution in [2.75, 3.05) is 19.6 Å². The summed E-state index contributed by atoms with van der Waals surface area (Å²) in [7, 11) is 0. The minimum absolute atomic E-state index is 0.134. The lowest BCUT2D eigenvalue weighted by atomic mass is 9.78. The largest absolute Gasteiger partial charge is 0.348 e. The standard InChI is InChI=1S/C21H27FN4O/c1-3-19(27)26-9-6-18-20(24-14-23-18)21(26)7-10-25(11-8-21)13-16-5-4-15(2)12-17(16)22/h4-5,12,14H,3,6-11,13H2,1-2H3,(H,23,24). The summed E-state index contributed by atoms with van der Waals surface area (Å²) in [6.07, 6.45) is 4.77. The van der Waals surface area contributed by atoms with Crippen molar-refractivity contribution in [3.8, 4) is 0 Å². The molecule has 27 heavy (non-hydrogen) atoms. The third kappa shape index (κ3) is 3.16. The normalized spacial score (nSPS) is 19.3. The zero-order valence-corrected chi connectivity index (χ0v) is 16.1. The summed E-state index contributed by atoms with van der Waals surface area (Å²) in [6.45, 7) is 6.83. The van der Waals surface area contributed by atoms with Crippen LogP contribution in [0.2, 0.25) is 0 Å². The molecule has 0 radical (unpaired) electrons. The molecule has 0 unspecified atom stereocenters. The predicted octanol–water partition coefficient (Wildman–Crippen LogP) is 3.14. The minimum Gasteiger partial charge on any atom is -0.348 e. The van der Waals surface area contributed by atoms with Gasteiger partial charge in [-0.05, 0) is 31.4 Å². The number of rotatable bonds is 3. The van der Waals surface area contributed by atoms with Gasteiger partial charge >= 0.3 is 0 Å². The van der Waals surface area contributed by atoms with Gasteiger partial charge in [0, 0.05) is 50.3 Å². The van der Waals surface area contributed by atoms with Gasteiger partial charge < -0.3 is 9.88 Å². The Labute approximate surface area is 159 Å². The topological polar surface area (TPSA) is 52.2 Å². The fraction of sp³-hybridized carbons (Fsp3) is 0.524. The molecule has 3 heterocycles. The van der Waals surface area contributed by atoms with E-state index >= 15 is 0 Å². The Morgan fingerprint density at radius 2 is 2.07 bits per heavy atom. The first kappa shape index (κ1) is 18.2. The number of fused-ring (bicyclic) bond motifs is 2. The van der Waals surface area contributed by atoms with E-state index in [1.807, 2.05) is 26.0 Å². The van der Waals surface area contributed by atoms with Crippen molar-refractivity contribution in [1.82, 2.24) is 19.8 Å². The number of hydrogen-bond donors (Lipinski definition) is 1. The first-order valence-electron chi connectivity index (χ1n) is 9.84. The van der Waals surface area contributed by atoms with E-state index in [4.69, 9.17) is 0 Å². The molecule has 1 fully saturated rings. The van der Waals surface area contributed by atoms with Crippen LogP contribution in [0.5, 0.6) is 0 Å². The average molecular weight is 370 g/mol. The molecule has 2 aliphatic rings. The zero-order valence-electron chi connectivity index (χ0n) is 16.1. The van der Waals surface area contributed by atoms with Gasteiger partial charge in [-0.1, -0.05) is 19.1 Å². The van der Waals surface area contributed by atoms with Crippen molar-refractivity contribution >= 4 is 5.91 Å². The second-order valence-electron chi connectivity index (χ2n) is 7.78. The molecule has 4 rings (SSSR count). The number of H-pyrrole nitrogens is 1. The summed E-state index contributed by atoms with van der Waals surface area (Å²) in [4.78, 5) is 24.9. The first-order chi connectivity index (χ1) is 13.0. The summed E-state index contributed by atoms with van der Waals surface area (Å²) in [6, 6.07) is 5.44. The number of benzene rings is 1. The van der Waals surface area contributed by atoms with Crippen LogP contribution < -0.4 is 0 Å². The Hall–Kier alpha value is -2.21. The number of amides is 1. The molecule has 1 N–H and O–H groups in total. The van der Waals surface area contributed by atoms with Crippen molar-refractivity contribution < 1.29 is 9.18 Å². The Morgan fingerprint density at radius 1 is 1.30 bits per heavy atom. The number of carbonyl (C=O) groups is 1. The molecule has 1 aromatic carbocycles. The van der Waals surface area contributed by atoms with Crippen LogP contribution in [0.3, 0.4) is 0 Å². The molecule has 1 spiro atoms. The Bertz CT molecular complexity index is 838. The molecule has 0 aliphatic carbocycles. The van der Waals surface area contributed by atoms with E-state index < -0.39 is 0 Å². The number of nitrogens with zero attached hydrogens (tertiary/aromatic N) is 3. The van der Waals surface area contributed by atoms with Gasteiger partial charge in [0.25, 0.3) is 0 Å². The fourth-order valence-corrected chi connectivity index (χ4v) is 4.64. The maximum atomic E-state index is 14.2. The highest BCUT2D eigenvalue weighted by atomic mass is 19.1. The van der Waals surface area contributed by atoms with E-state index in [9.17, 15) is 9.18 Å². The highest BCUT2D eigenvalue weighted by Crippen LogP contribution is 2.42. The van der Waals surface area contributed by atoms with E-state index in [1.54, 1.807) is 12.4 Å². The number of carbonyl (C=O) groups excluding carboxylic acids is 1. The van der Waals surface area contributed by atoms with E-state index in [0.29, 0.717) is 13.0 Å². The number of imidazole rings is 1. The Balaban J connectivity index is 1.54. The molecule has 0 bridgehead atoms. The van der Waals surface area contributed by atoms with Gasteiger partial charge in [0.2, 0.25) is 5.91 Å². The minimum atomic E-state index is -0.316. The lowest BCUT2D eigenvalue weighted by Crippen LogP contribution is -2.58. The lowest BCUT2D eigenvalue weighted by Gasteiger charge is -2.50. The van der Waals surface area contributed by atoms with Gasteiger partial charge in [0.05, 0.1) is 17.6 Å². The quantitative estimate of drug-likeness (QED) is 0.903. The summed E-state index contributed by atoms with van der Waals surface area (Å²) >= 11 is 0. The summed E-state index contributed by atoms with van der Waals surface area (Å²) < 4.78 is 14.2. The number of halogens is 1. The van der Waals surface area contributed by atoms with Gasteiger partial charge in [-0.3, -0.25) is 9.69 Å². The number of aromatic nitrogens is 2. The number of aromatic amines is 1. The number of piperidine rings is 1. The van der Waals surface area contributed by atoms with Crippen molar-refractivity contribution in [3.05, 3.63) is 52.9 Å². The van der Waals surface area contributed by atoms with Crippen molar-refractivity contribution in [2.45, 2.75) is 51.6 Å². The van der Waals surface area contributed by atoms with Crippen LogP contribution in [-0.4, -0.2) is 45.3 Å². The monoisotopic (exact) mass is 370 g/mol. The highest BCUT2D eigenvalue weighted by molar-refractivity contribution is 5.77. The van der Waals surface area contributed by atoms with Gasteiger partial charge in [0.1, 0.15) is 5.82 Å². The molecule has 2 aliphatic heterocycles. The molecule has 1 aromatic heterocycles. The second kappa shape index (κ2) is 7.08. The fourth-order valence-electron chi connectivity index (χ4n) is 4.64. The first-order valence-corrected chi connectivity index (χ1v) is 9.84. The smallest absolute Gasteiger partial charge is 0.223 e. The SMILES string of the molecule is CCC(=O)N1CCc2[nH]cnc2C12CCN(Cc1ccc(C)cc1F)CC2. The van der Waals surface area contributed by atoms with Crippen LogP contribution in [0, 0.1) is 12.7 Å². The van der Waals surface area contributed by atoms with Gasteiger partial charge in [0.15, 0.2) is 0 Å². The third-order valence-corrected chi connectivity index (χ3v) is 6.15. The average Bonchev–Trinajstić information content (AvgIpc) is 3.15. The van der Waals surface area contributed by atoms with Gasteiger partial charge in [-0.2, -0.15) is 0 Å². The van der Waals surface area contributed by atoms with E-state index in [0.717, 1.165) is 61.4 Å². The van der Waals surface area contributed by atoms with E-state index in [1.165, 1.54) is 0 Å². The number of nitrogens with one attached hydrogen (secondary N) is 1. The number of aryl methyl sites for hydroxylation is 1. The lowest BCUT2D eigenvalue weighted by molar-refractivity contribution is -0.141. The zero-order chi connectivity index (χ0) is 19.0. The maximum Gasteiger partial charge on any atom is 0.223 e. The summed E-state index contributed by atoms with van der Waals surface area (Å²) in [5, 5.41) is 0.